The summed E-state index contributed by atoms with van der Waals surface area (Å²) in [5.41, 5.74) is 4.15. The molecule has 124 valence electrons. The minimum atomic E-state index is 0.663. The second kappa shape index (κ2) is 6.32. The number of benzene rings is 1. The van der Waals surface area contributed by atoms with Gasteiger partial charge in [-0.1, -0.05) is 12.1 Å². The van der Waals surface area contributed by atoms with E-state index in [2.05, 4.69) is 27.3 Å². The van der Waals surface area contributed by atoms with Crippen LogP contribution >= 0.6 is 0 Å². The van der Waals surface area contributed by atoms with E-state index < -0.39 is 0 Å². The third kappa shape index (κ3) is 2.94. The molecule has 1 N–H and O–H groups in total. The summed E-state index contributed by atoms with van der Waals surface area (Å²) in [6.45, 7) is 2.72. The minimum Gasteiger partial charge on any atom is -0.365 e. The Labute approximate surface area is 145 Å². The van der Waals surface area contributed by atoms with Crippen LogP contribution in [0.25, 0.3) is 22.3 Å². The summed E-state index contributed by atoms with van der Waals surface area (Å²) in [4.78, 5) is 13.5. The summed E-state index contributed by atoms with van der Waals surface area (Å²) in [5, 5.41) is 8.74. The van der Waals surface area contributed by atoms with Crippen molar-refractivity contribution in [2.24, 2.45) is 7.05 Å². The Morgan fingerprint density at radius 3 is 2.60 bits per heavy atom. The van der Waals surface area contributed by atoms with E-state index in [1.165, 1.54) is 0 Å². The molecule has 0 atom stereocenters. The largest absolute Gasteiger partial charge is 0.365 e. The Bertz CT molecular complexity index is 1020. The van der Waals surface area contributed by atoms with E-state index in [-0.39, 0.29) is 0 Å². The van der Waals surface area contributed by atoms with E-state index in [1.807, 2.05) is 54.3 Å². The molecule has 0 amide bonds. The van der Waals surface area contributed by atoms with Crippen LogP contribution in [0.1, 0.15) is 11.3 Å². The van der Waals surface area contributed by atoms with Crippen molar-refractivity contribution in [1.82, 2.24) is 24.7 Å². The van der Waals surface area contributed by atoms with E-state index in [9.17, 15) is 0 Å². The molecule has 0 saturated carbocycles. The lowest BCUT2D eigenvalue weighted by Gasteiger charge is -2.11. The van der Waals surface area contributed by atoms with Crippen molar-refractivity contribution >= 4 is 16.7 Å². The van der Waals surface area contributed by atoms with Gasteiger partial charge in [-0.2, -0.15) is 5.10 Å². The molecule has 4 aromatic rings. The number of hydrogen-bond acceptors (Lipinski definition) is 5. The van der Waals surface area contributed by atoms with E-state index in [0.717, 1.165) is 33.5 Å². The van der Waals surface area contributed by atoms with Crippen molar-refractivity contribution in [3.63, 3.8) is 0 Å². The smallest absolute Gasteiger partial charge is 0.162 e. The molecule has 0 bridgehead atoms. The number of pyridine rings is 1. The molecule has 0 aliphatic rings. The summed E-state index contributed by atoms with van der Waals surface area (Å²) < 4.78 is 1.87. The van der Waals surface area contributed by atoms with Crippen molar-refractivity contribution in [3.05, 3.63) is 66.2 Å². The third-order valence-corrected chi connectivity index (χ3v) is 4.32. The molecular weight excluding hydrogens is 312 g/mol. The number of rotatable bonds is 4. The fraction of sp³-hybridized carbons (Fsp3) is 0.158. The van der Waals surface area contributed by atoms with Gasteiger partial charge in [-0.25, -0.2) is 9.97 Å². The summed E-state index contributed by atoms with van der Waals surface area (Å²) >= 11 is 0. The average molecular weight is 330 g/mol. The van der Waals surface area contributed by atoms with E-state index >= 15 is 0 Å². The molecule has 3 aromatic heterocycles. The van der Waals surface area contributed by atoms with Gasteiger partial charge in [0.05, 0.1) is 11.7 Å². The predicted molar refractivity (Wildman–Crippen MR) is 98.0 cm³/mol. The van der Waals surface area contributed by atoms with Crippen LogP contribution in [0.4, 0.5) is 5.82 Å². The van der Waals surface area contributed by atoms with Gasteiger partial charge >= 0.3 is 0 Å². The Morgan fingerprint density at radius 1 is 1.04 bits per heavy atom. The van der Waals surface area contributed by atoms with Crippen molar-refractivity contribution in [2.75, 3.05) is 5.32 Å². The molecule has 0 fully saturated rings. The van der Waals surface area contributed by atoms with Gasteiger partial charge in [0.15, 0.2) is 5.82 Å². The lowest BCUT2D eigenvalue weighted by molar-refractivity contribution is 0.738. The zero-order chi connectivity index (χ0) is 17.2. The number of hydrogen-bond donors (Lipinski definition) is 1. The van der Waals surface area contributed by atoms with Gasteiger partial charge in [-0.05, 0) is 31.2 Å². The Kier molecular flexibility index (Phi) is 3.85. The van der Waals surface area contributed by atoms with Crippen molar-refractivity contribution in [1.29, 1.82) is 0 Å². The normalized spacial score (nSPS) is 11.0. The molecule has 6 heteroatoms. The topological polar surface area (TPSA) is 68.5 Å². The van der Waals surface area contributed by atoms with Crippen LogP contribution in [0.15, 0.2) is 55.0 Å². The van der Waals surface area contributed by atoms with Gasteiger partial charge < -0.3 is 5.32 Å². The number of aromatic nitrogens is 5. The van der Waals surface area contributed by atoms with E-state index in [4.69, 9.17) is 4.98 Å². The predicted octanol–water partition coefficient (Wildman–Crippen LogP) is 3.35. The minimum absolute atomic E-state index is 0.663. The summed E-state index contributed by atoms with van der Waals surface area (Å²) in [7, 11) is 1.94. The zero-order valence-electron chi connectivity index (χ0n) is 14.1. The monoisotopic (exact) mass is 330 g/mol. The molecule has 3 heterocycles. The van der Waals surface area contributed by atoms with Crippen molar-refractivity contribution in [3.8, 4) is 11.4 Å². The number of aryl methyl sites for hydroxylation is 1. The molecule has 0 radical (unpaired) electrons. The van der Waals surface area contributed by atoms with Crippen LogP contribution in [0.2, 0.25) is 0 Å². The molecule has 25 heavy (non-hydrogen) atoms. The molecule has 0 aliphatic carbocycles. The number of anilines is 1. The second-order valence-electron chi connectivity index (χ2n) is 5.88. The Morgan fingerprint density at radius 2 is 1.84 bits per heavy atom. The highest BCUT2D eigenvalue weighted by molar-refractivity contribution is 5.90. The Hall–Kier alpha value is -3.28. The third-order valence-electron chi connectivity index (χ3n) is 4.32. The summed E-state index contributed by atoms with van der Waals surface area (Å²) in [5.74, 6) is 1.51. The van der Waals surface area contributed by atoms with Crippen molar-refractivity contribution in [2.45, 2.75) is 13.5 Å². The van der Waals surface area contributed by atoms with Crippen molar-refractivity contribution < 1.29 is 0 Å². The van der Waals surface area contributed by atoms with Gasteiger partial charge in [-0.15, -0.1) is 0 Å². The lowest BCUT2D eigenvalue weighted by Crippen LogP contribution is -2.05. The molecule has 0 aliphatic heterocycles. The highest BCUT2D eigenvalue weighted by Crippen LogP contribution is 2.25. The van der Waals surface area contributed by atoms with Gasteiger partial charge in [0.1, 0.15) is 5.82 Å². The molecule has 0 saturated heterocycles. The lowest BCUT2D eigenvalue weighted by atomic mass is 10.2. The van der Waals surface area contributed by atoms with Gasteiger partial charge in [0, 0.05) is 48.2 Å². The van der Waals surface area contributed by atoms with Crippen LogP contribution < -0.4 is 5.32 Å². The maximum Gasteiger partial charge on any atom is 0.162 e. The zero-order valence-corrected chi connectivity index (χ0v) is 14.1. The van der Waals surface area contributed by atoms with Gasteiger partial charge in [0.25, 0.3) is 0 Å². The molecular formula is C19H18N6. The van der Waals surface area contributed by atoms with Gasteiger partial charge in [-0.3, -0.25) is 9.67 Å². The van der Waals surface area contributed by atoms with E-state index in [0.29, 0.717) is 12.4 Å². The maximum atomic E-state index is 4.75. The number of fused-ring (bicyclic) bond motifs is 1. The first-order valence-corrected chi connectivity index (χ1v) is 8.11. The molecule has 4 rings (SSSR count). The van der Waals surface area contributed by atoms with Gasteiger partial charge in [0.2, 0.25) is 0 Å². The average Bonchev–Trinajstić information content (AvgIpc) is 2.98. The fourth-order valence-corrected chi connectivity index (χ4v) is 2.74. The van der Waals surface area contributed by atoms with Crippen LogP contribution in [0.5, 0.6) is 0 Å². The first-order valence-electron chi connectivity index (χ1n) is 8.11. The number of nitrogens with zero attached hydrogens (tertiary/aromatic N) is 5. The molecule has 0 spiro atoms. The standard InChI is InChI=1S/C19H18N6/c1-13-15(12-22-25(13)2)11-21-19-16-5-3-4-6-17(16)23-18(24-19)14-7-9-20-10-8-14/h3-10,12H,11H2,1-2H3,(H,21,23,24). The highest BCUT2D eigenvalue weighted by Gasteiger charge is 2.10. The maximum absolute atomic E-state index is 4.75. The Balaban J connectivity index is 1.75. The SMILES string of the molecule is Cc1c(CNc2nc(-c3ccncc3)nc3ccccc23)cnn1C. The number of nitrogens with one attached hydrogen (secondary N) is 1. The first kappa shape index (κ1) is 15.3. The fourth-order valence-electron chi connectivity index (χ4n) is 2.74. The summed E-state index contributed by atoms with van der Waals surface area (Å²) in [6, 6.07) is 11.9. The quantitative estimate of drug-likeness (QED) is 0.621. The molecule has 6 nitrogen and oxygen atoms in total. The van der Waals surface area contributed by atoms with Crippen LogP contribution in [0, 0.1) is 6.92 Å². The molecule has 1 aromatic carbocycles. The number of para-hydroxylation sites is 1. The van der Waals surface area contributed by atoms with Crippen LogP contribution in [-0.4, -0.2) is 24.7 Å². The molecule has 0 unspecified atom stereocenters. The van der Waals surface area contributed by atoms with Crippen LogP contribution in [0.3, 0.4) is 0 Å². The summed E-state index contributed by atoms with van der Waals surface area (Å²) in [6.07, 6.45) is 5.38. The first-order chi connectivity index (χ1) is 12.2. The van der Waals surface area contributed by atoms with E-state index in [1.54, 1.807) is 12.4 Å². The van der Waals surface area contributed by atoms with Crippen LogP contribution in [-0.2, 0) is 13.6 Å². The second-order valence-corrected chi connectivity index (χ2v) is 5.88. The highest BCUT2D eigenvalue weighted by atomic mass is 15.3.